The Morgan fingerprint density at radius 3 is 2.83 bits per heavy atom. The van der Waals surface area contributed by atoms with E-state index in [1.165, 1.54) is 30.6 Å². The summed E-state index contributed by atoms with van der Waals surface area (Å²) < 4.78 is 34.5. The van der Waals surface area contributed by atoms with Crippen LogP contribution in [0.4, 0.5) is 5.13 Å². The van der Waals surface area contributed by atoms with Crippen molar-refractivity contribution < 1.29 is 17.9 Å². The van der Waals surface area contributed by atoms with Crippen molar-refractivity contribution in [2.75, 3.05) is 24.7 Å². The maximum atomic E-state index is 13.4. The maximum Gasteiger partial charge on any atom is 0.257 e. The molecule has 0 spiro atoms. The Labute approximate surface area is 185 Å². The summed E-state index contributed by atoms with van der Waals surface area (Å²) in [5.41, 5.74) is 0.222. The van der Waals surface area contributed by atoms with Crippen molar-refractivity contribution in [1.82, 2.24) is 14.5 Å². The summed E-state index contributed by atoms with van der Waals surface area (Å²) in [6, 6.07) is 4.41. The van der Waals surface area contributed by atoms with E-state index in [-0.39, 0.29) is 22.3 Å². The van der Waals surface area contributed by atoms with Gasteiger partial charge in [0.1, 0.15) is 10.6 Å². The highest BCUT2D eigenvalue weighted by Crippen LogP contribution is 2.33. The van der Waals surface area contributed by atoms with Gasteiger partial charge in [-0.3, -0.25) is 10.1 Å². The lowest BCUT2D eigenvalue weighted by Crippen LogP contribution is -2.43. The molecule has 1 N–H and O–H groups in total. The number of piperidine rings is 1. The van der Waals surface area contributed by atoms with E-state index in [0.717, 1.165) is 35.8 Å². The Morgan fingerprint density at radius 2 is 2.13 bits per heavy atom. The summed E-state index contributed by atoms with van der Waals surface area (Å²) >= 11 is 2.82. The van der Waals surface area contributed by atoms with Crippen LogP contribution >= 0.6 is 23.1 Å². The first kappa shape index (κ1) is 23.0. The summed E-state index contributed by atoms with van der Waals surface area (Å²) in [6.07, 6.45) is 3.43. The molecule has 164 valence electrons. The Bertz CT molecular complexity index is 993. The number of nitrogens with zero attached hydrogens (tertiary/aromatic N) is 3. The number of aromatic nitrogens is 2. The van der Waals surface area contributed by atoms with Gasteiger partial charge in [0, 0.05) is 18.2 Å². The van der Waals surface area contributed by atoms with Crippen LogP contribution in [-0.4, -0.2) is 54.3 Å². The Kier molecular flexibility index (Phi) is 7.72. The summed E-state index contributed by atoms with van der Waals surface area (Å²) in [6.45, 7) is 4.48. The summed E-state index contributed by atoms with van der Waals surface area (Å²) in [7, 11) is -2.37. The minimum Gasteiger partial charge on any atom is -0.495 e. The number of carbonyl (C=O) groups is 1. The van der Waals surface area contributed by atoms with Crippen LogP contribution in [0.2, 0.25) is 0 Å². The first-order chi connectivity index (χ1) is 14.4. The molecule has 0 saturated carbocycles. The van der Waals surface area contributed by atoms with E-state index in [4.69, 9.17) is 4.74 Å². The fourth-order valence-corrected chi connectivity index (χ4v) is 7.05. The van der Waals surface area contributed by atoms with Crippen LogP contribution in [0.25, 0.3) is 0 Å². The number of anilines is 1. The summed E-state index contributed by atoms with van der Waals surface area (Å²) in [5, 5.41) is 11.0. The average molecular weight is 471 g/mol. The highest BCUT2D eigenvalue weighted by atomic mass is 32.2. The number of thioether (sulfide) groups is 1. The molecule has 1 amide bonds. The van der Waals surface area contributed by atoms with Crippen LogP contribution in [0, 0.1) is 0 Å². The monoisotopic (exact) mass is 470 g/mol. The Balaban J connectivity index is 1.89. The predicted molar refractivity (Wildman–Crippen MR) is 119 cm³/mol. The standard InChI is InChI=1S/C19H26N4O4S3/c1-4-14-8-6-7-11-23(14)30(25,26)16-12-13(9-10-15(16)27-3)17(24)20-18-21-22-19(29-18)28-5-2/h9-10,12,14H,4-8,11H2,1-3H3,(H,20,21,24)/t14-/m0/s1. The van der Waals surface area contributed by atoms with Crippen LogP contribution in [-0.2, 0) is 10.0 Å². The van der Waals surface area contributed by atoms with Crippen molar-refractivity contribution in [2.45, 2.75) is 54.8 Å². The van der Waals surface area contributed by atoms with Crippen molar-refractivity contribution in [2.24, 2.45) is 0 Å². The number of amides is 1. The number of sulfonamides is 1. The molecule has 1 atom stereocenters. The molecule has 8 nitrogen and oxygen atoms in total. The van der Waals surface area contributed by atoms with Gasteiger partial charge in [-0.2, -0.15) is 4.31 Å². The topological polar surface area (TPSA) is 101 Å². The van der Waals surface area contributed by atoms with Gasteiger partial charge in [0.25, 0.3) is 5.91 Å². The van der Waals surface area contributed by atoms with Crippen molar-refractivity contribution in [3.8, 4) is 5.75 Å². The van der Waals surface area contributed by atoms with Crippen molar-refractivity contribution in [1.29, 1.82) is 0 Å². The fourth-order valence-electron chi connectivity index (χ4n) is 3.46. The van der Waals surface area contributed by atoms with Gasteiger partial charge >= 0.3 is 0 Å². The van der Waals surface area contributed by atoms with E-state index in [9.17, 15) is 13.2 Å². The molecule has 1 aromatic heterocycles. The molecule has 1 aliphatic heterocycles. The average Bonchev–Trinajstić information content (AvgIpc) is 3.20. The molecular formula is C19H26N4O4S3. The number of methoxy groups -OCH3 is 1. The van der Waals surface area contributed by atoms with Crippen LogP contribution in [0.3, 0.4) is 0 Å². The molecular weight excluding hydrogens is 444 g/mol. The van der Waals surface area contributed by atoms with E-state index in [1.807, 2.05) is 13.8 Å². The summed E-state index contributed by atoms with van der Waals surface area (Å²) in [4.78, 5) is 12.7. The molecule has 0 unspecified atom stereocenters. The molecule has 1 saturated heterocycles. The molecule has 2 aromatic rings. The highest BCUT2D eigenvalue weighted by Gasteiger charge is 2.34. The van der Waals surface area contributed by atoms with Crippen molar-refractivity contribution >= 4 is 44.2 Å². The molecule has 0 aliphatic carbocycles. The molecule has 1 fully saturated rings. The molecule has 2 heterocycles. The molecule has 30 heavy (non-hydrogen) atoms. The number of ether oxygens (including phenoxy) is 1. The lowest BCUT2D eigenvalue weighted by atomic mass is 10.0. The third-order valence-corrected chi connectivity index (χ3v) is 8.78. The largest absolute Gasteiger partial charge is 0.495 e. The van der Waals surface area contributed by atoms with Crippen LogP contribution in [0.5, 0.6) is 5.75 Å². The van der Waals surface area contributed by atoms with Gasteiger partial charge in [-0.15, -0.1) is 10.2 Å². The summed E-state index contributed by atoms with van der Waals surface area (Å²) in [5.74, 6) is 0.644. The number of hydrogen-bond acceptors (Lipinski definition) is 8. The molecule has 0 bridgehead atoms. The van der Waals surface area contributed by atoms with E-state index in [2.05, 4.69) is 15.5 Å². The number of rotatable bonds is 8. The number of benzene rings is 1. The lowest BCUT2D eigenvalue weighted by Gasteiger charge is -2.34. The quantitative estimate of drug-likeness (QED) is 0.462. The number of nitrogens with one attached hydrogen (secondary N) is 1. The Morgan fingerprint density at radius 1 is 1.33 bits per heavy atom. The second kappa shape index (κ2) is 10.1. The number of carbonyl (C=O) groups excluding carboxylic acids is 1. The van der Waals surface area contributed by atoms with Gasteiger partial charge in [0.2, 0.25) is 15.2 Å². The second-order valence-electron chi connectivity index (χ2n) is 6.80. The van der Waals surface area contributed by atoms with E-state index < -0.39 is 15.9 Å². The first-order valence-electron chi connectivity index (χ1n) is 9.88. The van der Waals surface area contributed by atoms with Gasteiger partial charge < -0.3 is 4.74 Å². The minimum absolute atomic E-state index is 0.0116. The van der Waals surface area contributed by atoms with E-state index in [0.29, 0.717) is 11.7 Å². The molecule has 11 heteroatoms. The third kappa shape index (κ3) is 4.96. The lowest BCUT2D eigenvalue weighted by molar-refractivity contribution is 0.102. The smallest absolute Gasteiger partial charge is 0.257 e. The van der Waals surface area contributed by atoms with E-state index in [1.54, 1.807) is 22.1 Å². The maximum absolute atomic E-state index is 13.4. The van der Waals surface area contributed by atoms with E-state index >= 15 is 0 Å². The van der Waals surface area contributed by atoms with Crippen molar-refractivity contribution in [3.05, 3.63) is 23.8 Å². The SMILES string of the molecule is CCSc1nnc(NC(=O)c2ccc(OC)c(S(=O)(=O)N3CCCC[C@@H]3CC)c2)s1. The normalized spacial score (nSPS) is 17.6. The van der Waals surface area contributed by atoms with Gasteiger partial charge in [0.15, 0.2) is 4.34 Å². The predicted octanol–water partition coefficient (Wildman–Crippen LogP) is 3.86. The molecule has 0 radical (unpaired) electrons. The third-order valence-electron chi connectivity index (χ3n) is 4.95. The minimum atomic E-state index is -3.80. The first-order valence-corrected chi connectivity index (χ1v) is 13.1. The zero-order chi connectivity index (χ0) is 21.7. The van der Waals surface area contributed by atoms with Gasteiger partial charge in [-0.25, -0.2) is 8.42 Å². The molecule has 3 rings (SSSR count). The van der Waals surface area contributed by atoms with Crippen LogP contribution < -0.4 is 10.1 Å². The molecule has 1 aliphatic rings. The van der Waals surface area contributed by atoms with Gasteiger partial charge in [-0.1, -0.05) is 43.4 Å². The zero-order valence-electron chi connectivity index (χ0n) is 17.3. The van der Waals surface area contributed by atoms with Gasteiger partial charge in [0.05, 0.1) is 7.11 Å². The van der Waals surface area contributed by atoms with Gasteiger partial charge in [-0.05, 0) is 43.2 Å². The zero-order valence-corrected chi connectivity index (χ0v) is 19.7. The number of hydrogen-bond donors (Lipinski definition) is 1. The molecule has 1 aromatic carbocycles. The fraction of sp³-hybridized carbons (Fsp3) is 0.526. The van der Waals surface area contributed by atoms with Crippen LogP contribution in [0.15, 0.2) is 27.4 Å². The van der Waals surface area contributed by atoms with Crippen molar-refractivity contribution in [3.63, 3.8) is 0 Å². The Hall–Kier alpha value is -1.69. The highest BCUT2D eigenvalue weighted by molar-refractivity contribution is 8.01. The second-order valence-corrected chi connectivity index (χ2v) is 11.1. The van der Waals surface area contributed by atoms with Crippen LogP contribution in [0.1, 0.15) is 49.9 Å².